The zero-order chi connectivity index (χ0) is 24.5. The van der Waals surface area contributed by atoms with E-state index in [2.05, 4.69) is 0 Å². The first kappa shape index (κ1) is 28.1. The lowest BCUT2D eigenvalue weighted by molar-refractivity contribution is -0.367. The third-order valence-electron chi connectivity index (χ3n) is 5.34. The normalized spacial score (nSPS) is 39.4. The van der Waals surface area contributed by atoms with Crippen LogP contribution in [0.25, 0.3) is 0 Å². The van der Waals surface area contributed by atoms with E-state index in [0.29, 0.717) is 6.61 Å². The molecule has 14 nitrogen and oxygen atoms in total. The van der Waals surface area contributed by atoms with Crippen LogP contribution < -0.4 is 5.73 Å². The molecule has 0 aromatic heterocycles. The van der Waals surface area contributed by atoms with E-state index in [1.54, 1.807) is 0 Å². The number of unbranched alkanes of at least 4 members (excludes halogenated alkanes) is 1. The van der Waals surface area contributed by atoms with Crippen LogP contribution in [-0.2, 0) is 28.4 Å². The molecule has 1 unspecified atom stereocenters. The van der Waals surface area contributed by atoms with Gasteiger partial charge in [-0.2, -0.15) is 0 Å². The van der Waals surface area contributed by atoms with Crippen LogP contribution in [0, 0.1) is 0 Å². The van der Waals surface area contributed by atoms with E-state index in [1.165, 1.54) is 0 Å². The molecule has 194 valence electrons. The molecule has 0 spiro atoms. The van der Waals surface area contributed by atoms with Gasteiger partial charge in [0.15, 0.2) is 18.7 Å². The Kier molecular flexibility index (Phi) is 11.6. The summed E-state index contributed by atoms with van der Waals surface area (Å²) in [5, 5.41) is 60.4. The fraction of sp³-hybridized carbons (Fsp3) is 0.947. The quantitative estimate of drug-likeness (QED) is 0.134. The predicted octanol–water partition coefficient (Wildman–Crippen LogP) is -3.45. The minimum Gasteiger partial charge on any atom is -0.441 e. The highest BCUT2D eigenvalue weighted by molar-refractivity contribution is 5.65. The highest BCUT2D eigenvalue weighted by Gasteiger charge is 2.52. The molecule has 2 heterocycles. The summed E-state index contributed by atoms with van der Waals surface area (Å²) < 4.78 is 32.2. The molecule has 2 saturated heterocycles. The fourth-order valence-corrected chi connectivity index (χ4v) is 3.50. The number of primary amides is 1. The highest BCUT2D eigenvalue weighted by Crippen LogP contribution is 2.30. The summed E-state index contributed by atoms with van der Waals surface area (Å²) in [6, 6.07) is 0. The van der Waals surface area contributed by atoms with Crippen molar-refractivity contribution >= 4 is 6.09 Å². The van der Waals surface area contributed by atoms with Crippen molar-refractivity contribution in [2.75, 3.05) is 33.0 Å². The van der Waals surface area contributed by atoms with Gasteiger partial charge in [0.1, 0.15) is 42.7 Å². The molecule has 33 heavy (non-hydrogen) atoms. The van der Waals surface area contributed by atoms with Crippen LogP contribution in [0.1, 0.15) is 19.8 Å². The highest BCUT2D eigenvalue weighted by atomic mass is 16.8. The molecule has 0 radical (unpaired) electrons. The van der Waals surface area contributed by atoms with Gasteiger partial charge in [-0.25, -0.2) is 4.79 Å². The van der Waals surface area contributed by atoms with E-state index in [1.807, 2.05) is 6.92 Å². The summed E-state index contributed by atoms with van der Waals surface area (Å²) in [5.74, 6) is 0. The Bertz CT molecular complexity index is 584. The summed E-state index contributed by atoms with van der Waals surface area (Å²) in [6.45, 7) is 1.42. The number of aliphatic hydroxyl groups excluding tert-OH is 6. The number of ether oxygens (including phenoxy) is 6. The Hall–Kier alpha value is -1.17. The Labute approximate surface area is 190 Å². The molecule has 0 aliphatic carbocycles. The molecule has 2 rings (SSSR count). The monoisotopic (exact) mass is 485 g/mol. The number of rotatable bonds is 12. The lowest BCUT2D eigenvalue weighted by Crippen LogP contribution is -2.65. The first-order valence-electron chi connectivity index (χ1n) is 10.8. The topological polar surface area (TPSA) is 220 Å². The predicted molar refractivity (Wildman–Crippen MR) is 107 cm³/mol. The fourth-order valence-electron chi connectivity index (χ4n) is 3.50. The van der Waals surface area contributed by atoms with Gasteiger partial charge >= 0.3 is 6.09 Å². The summed E-state index contributed by atoms with van der Waals surface area (Å²) in [7, 11) is 0. The first-order chi connectivity index (χ1) is 15.7. The van der Waals surface area contributed by atoms with Crippen molar-refractivity contribution in [3.05, 3.63) is 0 Å². The molecule has 0 saturated carbocycles. The van der Waals surface area contributed by atoms with Crippen LogP contribution in [0.5, 0.6) is 0 Å². The average molecular weight is 485 g/mol. The zero-order valence-corrected chi connectivity index (χ0v) is 18.3. The van der Waals surface area contributed by atoms with Gasteiger partial charge < -0.3 is 64.8 Å². The number of aliphatic hydroxyl groups is 6. The SMILES string of the molecule is CCCCOCCOC1O[C@@H](CO)[C@@H](O)[C@H](O)[C@@H]1O[C@H]1O[C@H](CO)[C@@H](O)[C@H](OC(N)=O)[C@@H]1O. The van der Waals surface area contributed by atoms with Gasteiger partial charge in [-0.05, 0) is 6.42 Å². The Morgan fingerprint density at radius 1 is 0.848 bits per heavy atom. The van der Waals surface area contributed by atoms with Crippen LogP contribution >= 0.6 is 0 Å². The van der Waals surface area contributed by atoms with Crippen molar-refractivity contribution in [3.8, 4) is 0 Å². The van der Waals surface area contributed by atoms with Crippen molar-refractivity contribution in [2.45, 2.75) is 81.2 Å². The standard InChI is InChI=1S/C19H35NO13/c1-2-3-4-28-5-6-29-18-16(13(25)11(23)9(7-21)31-18)32-17-14(26)15(33-19(20)27)12(24)10(8-22)30-17/h9-18,21-26H,2-8H2,1H3,(H2,20,27)/t9-,10+,11+,12+,13-,14-,15-,16-,17+,18?/m0/s1. The Morgan fingerprint density at radius 2 is 1.48 bits per heavy atom. The molecule has 14 heteroatoms. The summed E-state index contributed by atoms with van der Waals surface area (Å²) in [5.41, 5.74) is 4.98. The lowest BCUT2D eigenvalue weighted by atomic mass is 9.97. The second-order valence-corrected chi connectivity index (χ2v) is 7.75. The maximum Gasteiger partial charge on any atom is 0.404 e. The second-order valence-electron chi connectivity index (χ2n) is 7.75. The van der Waals surface area contributed by atoms with E-state index < -0.39 is 80.7 Å². The Morgan fingerprint density at radius 3 is 2.09 bits per heavy atom. The molecule has 0 aromatic carbocycles. The van der Waals surface area contributed by atoms with Gasteiger partial charge in [-0.15, -0.1) is 0 Å². The van der Waals surface area contributed by atoms with E-state index in [0.717, 1.165) is 12.8 Å². The van der Waals surface area contributed by atoms with Crippen LogP contribution in [0.15, 0.2) is 0 Å². The summed E-state index contributed by atoms with van der Waals surface area (Å²) >= 11 is 0. The van der Waals surface area contributed by atoms with Crippen LogP contribution in [-0.4, -0.2) is 131 Å². The largest absolute Gasteiger partial charge is 0.441 e. The van der Waals surface area contributed by atoms with Gasteiger partial charge in [0, 0.05) is 6.61 Å². The van der Waals surface area contributed by atoms with Gasteiger partial charge in [-0.1, -0.05) is 13.3 Å². The molecular weight excluding hydrogens is 450 g/mol. The minimum atomic E-state index is -1.78. The van der Waals surface area contributed by atoms with Crippen molar-refractivity contribution < 1.29 is 63.9 Å². The number of nitrogens with two attached hydrogens (primary N) is 1. The number of amides is 1. The van der Waals surface area contributed by atoms with Crippen molar-refractivity contribution in [1.82, 2.24) is 0 Å². The maximum atomic E-state index is 11.2. The van der Waals surface area contributed by atoms with Crippen LogP contribution in [0.4, 0.5) is 4.79 Å². The summed E-state index contributed by atoms with van der Waals surface area (Å²) in [4.78, 5) is 11.2. The van der Waals surface area contributed by atoms with Gasteiger partial charge in [0.2, 0.25) is 0 Å². The molecule has 0 bridgehead atoms. The molecule has 2 fully saturated rings. The van der Waals surface area contributed by atoms with Crippen LogP contribution in [0.3, 0.4) is 0 Å². The van der Waals surface area contributed by atoms with Crippen molar-refractivity contribution in [3.63, 3.8) is 0 Å². The molecule has 1 amide bonds. The molecule has 2 aliphatic heterocycles. The number of hydrogen-bond acceptors (Lipinski definition) is 13. The minimum absolute atomic E-state index is 0.0225. The van der Waals surface area contributed by atoms with E-state index in [-0.39, 0.29) is 13.2 Å². The van der Waals surface area contributed by atoms with Gasteiger partial charge in [0.25, 0.3) is 0 Å². The summed E-state index contributed by atoms with van der Waals surface area (Å²) in [6.07, 6.45) is -14.6. The third-order valence-corrected chi connectivity index (χ3v) is 5.34. The number of carbonyl (C=O) groups is 1. The van der Waals surface area contributed by atoms with Gasteiger partial charge in [-0.3, -0.25) is 0 Å². The second kappa shape index (κ2) is 13.7. The number of carbonyl (C=O) groups excluding carboxylic acids is 1. The smallest absolute Gasteiger partial charge is 0.404 e. The van der Waals surface area contributed by atoms with Crippen molar-refractivity contribution in [1.29, 1.82) is 0 Å². The molecule has 2 aliphatic rings. The van der Waals surface area contributed by atoms with E-state index in [4.69, 9.17) is 34.2 Å². The molecular formula is C19H35NO13. The van der Waals surface area contributed by atoms with Gasteiger partial charge in [0.05, 0.1) is 26.4 Å². The van der Waals surface area contributed by atoms with Crippen LogP contribution in [0.2, 0.25) is 0 Å². The average Bonchev–Trinajstić information content (AvgIpc) is 2.79. The molecule has 0 aromatic rings. The number of hydrogen-bond donors (Lipinski definition) is 7. The zero-order valence-electron chi connectivity index (χ0n) is 18.3. The van der Waals surface area contributed by atoms with E-state index >= 15 is 0 Å². The maximum absolute atomic E-state index is 11.2. The lowest BCUT2D eigenvalue weighted by Gasteiger charge is -2.46. The van der Waals surface area contributed by atoms with E-state index in [9.17, 15) is 35.4 Å². The third kappa shape index (κ3) is 7.40. The first-order valence-corrected chi connectivity index (χ1v) is 10.8. The molecule has 8 N–H and O–H groups in total. The molecule has 10 atom stereocenters. The van der Waals surface area contributed by atoms with Crippen molar-refractivity contribution in [2.24, 2.45) is 5.73 Å². The Balaban J connectivity index is 2.11.